The molecule has 0 spiro atoms. The van der Waals surface area contributed by atoms with E-state index in [-0.39, 0.29) is 5.92 Å². The third kappa shape index (κ3) is 3.85. The third-order valence-electron chi connectivity index (χ3n) is 6.99. The van der Waals surface area contributed by atoms with Crippen LogP contribution in [0.3, 0.4) is 0 Å². The van der Waals surface area contributed by atoms with Crippen LogP contribution in [0.5, 0.6) is 5.75 Å². The molecule has 1 aliphatic rings. The standard InChI is InChI=1S/C30H32O/c1-18-12-13-26(29-22(5)20(3)21(4)23(29)6)27(15-18)28-16-19(2)14-25(30(28)31)17-24-10-8-7-9-11-24/h7-16,29,31H,17H2,1-6H3. The average Bonchev–Trinajstić information content (AvgIpc) is 2.94. The highest BCUT2D eigenvalue weighted by atomic mass is 16.3. The second-order valence-corrected chi connectivity index (χ2v) is 9.12. The van der Waals surface area contributed by atoms with Crippen molar-refractivity contribution in [3.63, 3.8) is 0 Å². The molecule has 1 N–H and O–H groups in total. The van der Waals surface area contributed by atoms with Crippen LogP contribution in [-0.4, -0.2) is 5.11 Å². The zero-order valence-corrected chi connectivity index (χ0v) is 19.5. The van der Waals surface area contributed by atoms with Crippen molar-refractivity contribution in [1.29, 1.82) is 0 Å². The average molecular weight is 409 g/mol. The van der Waals surface area contributed by atoms with E-state index >= 15 is 0 Å². The predicted octanol–water partition coefficient (Wildman–Crippen LogP) is 8.04. The van der Waals surface area contributed by atoms with Crippen molar-refractivity contribution < 1.29 is 5.11 Å². The van der Waals surface area contributed by atoms with Gasteiger partial charge in [-0.2, -0.15) is 0 Å². The van der Waals surface area contributed by atoms with Gasteiger partial charge in [0.2, 0.25) is 0 Å². The van der Waals surface area contributed by atoms with Gasteiger partial charge >= 0.3 is 0 Å². The molecule has 31 heavy (non-hydrogen) atoms. The van der Waals surface area contributed by atoms with E-state index < -0.39 is 0 Å². The zero-order chi connectivity index (χ0) is 22.3. The minimum atomic E-state index is 0.271. The van der Waals surface area contributed by atoms with E-state index in [9.17, 15) is 5.11 Å². The molecule has 0 saturated heterocycles. The number of hydrogen-bond acceptors (Lipinski definition) is 1. The Morgan fingerprint density at radius 2 is 1.29 bits per heavy atom. The third-order valence-corrected chi connectivity index (χ3v) is 6.99. The summed E-state index contributed by atoms with van der Waals surface area (Å²) < 4.78 is 0. The summed E-state index contributed by atoms with van der Waals surface area (Å²) in [6, 6.07) is 21.3. The lowest BCUT2D eigenvalue weighted by molar-refractivity contribution is 0.471. The first-order chi connectivity index (χ1) is 14.8. The molecule has 0 unspecified atom stereocenters. The predicted molar refractivity (Wildman–Crippen MR) is 132 cm³/mol. The van der Waals surface area contributed by atoms with Gasteiger partial charge in [0, 0.05) is 17.9 Å². The van der Waals surface area contributed by atoms with E-state index in [1.165, 1.54) is 44.5 Å². The Bertz CT molecular complexity index is 1180. The monoisotopic (exact) mass is 408 g/mol. The molecule has 4 rings (SSSR count). The van der Waals surface area contributed by atoms with Gasteiger partial charge in [-0.3, -0.25) is 0 Å². The molecule has 0 saturated carbocycles. The van der Waals surface area contributed by atoms with E-state index in [0.717, 1.165) is 23.1 Å². The van der Waals surface area contributed by atoms with Crippen LogP contribution in [0.1, 0.15) is 61.4 Å². The molecular formula is C30H32O. The summed E-state index contributed by atoms with van der Waals surface area (Å²) in [6.07, 6.45) is 0.724. The van der Waals surface area contributed by atoms with Gasteiger partial charge in [-0.15, -0.1) is 0 Å². The topological polar surface area (TPSA) is 20.2 Å². The van der Waals surface area contributed by atoms with Crippen molar-refractivity contribution in [2.45, 2.75) is 53.9 Å². The normalized spacial score (nSPS) is 14.6. The van der Waals surface area contributed by atoms with Crippen LogP contribution in [0.15, 0.2) is 83.0 Å². The molecule has 0 heterocycles. The van der Waals surface area contributed by atoms with Gasteiger partial charge in [0.15, 0.2) is 0 Å². The molecule has 1 heteroatoms. The highest BCUT2D eigenvalue weighted by molar-refractivity contribution is 5.78. The van der Waals surface area contributed by atoms with Crippen molar-refractivity contribution >= 4 is 0 Å². The summed E-state index contributed by atoms with van der Waals surface area (Å²) in [6.45, 7) is 13.2. The van der Waals surface area contributed by atoms with Crippen LogP contribution in [0.25, 0.3) is 11.1 Å². The van der Waals surface area contributed by atoms with E-state index in [1.54, 1.807) is 0 Å². The number of phenols is 1. The summed E-state index contributed by atoms with van der Waals surface area (Å²) in [7, 11) is 0. The van der Waals surface area contributed by atoms with E-state index in [0.29, 0.717) is 5.75 Å². The molecule has 1 nitrogen and oxygen atoms in total. The largest absolute Gasteiger partial charge is 0.507 e. The van der Waals surface area contributed by atoms with Crippen LogP contribution in [0.4, 0.5) is 0 Å². The maximum atomic E-state index is 11.4. The van der Waals surface area contributed by atoms with Crippen LogP contribution < -0.4 is 0 Å². The molecule has 0 radical (unpaired) electrons. The first-order valence-corrected chi connectivity index (χ1v) is 11.1. The van der Waals surface area contributed by atoms with Gasteiger partial charge in [-0.05, 0) is 86.6 Å². The molecule has 158 valence electrons. The van der Waals surface area contributed by atoms with Crippen molar-refractivity contribution in [2.75, 3.05) is 0 Å². The van der Waals surface area contributed by atoms with E-state index in [4.69, 9.17) is 0 Å². The summed E-state index contributed by atoms with van der Waals surface area (Å²) in [5, 5.41) is 11.4. The molecule has 0 aromatic heterocycles. The molecule has 1 aliphatic carbocycles. The first-order valence-electron chi connectivity index (χ1n) is 11.1. The molecule has 3 aromatic carbocycles. The van der Waals surface area contributed by atoms with Gasteiger partial charge in [0.05, 0.1) is 0 Å². The summed E-state index contributed by atoms with van der Waals surface area (Å²) in [5.74, 6) is 0.670. The lowest BCUT2D eigenvalue weighted by Crippen LogP contribution is -2.03. The number of allylic oxidation sites excluding steroid dienone is 4. The minimum absolute atomic E-state index is 0.271. The molecule has 0 atom stereocenters. The summed E-state index contributed by atoms with van der Waals surface area (Å²) >= 11 is 0. The van der Waals surface area contributed by atoms with Crippen molar-refractivity contribution in [2.24, 2.45) is 0 Å². The van der Waals surface area contributed by atoms with Crippen LogP contribution >= 0.6 is 0 Å². The van der Waals surface area contributed by atoms with Gasteiger partial charge in [-0.1, -0.05) is 71.3 Å². The highest BCUT2D eigenvalue weighted by Gasteiger charge is 2.28. The van der Waals surface area contributed by atoms with Crippen LogP contribution in [0.2, 0.25) is 0 Å². The summed E-state index contributed by atoms with van der Waals surface area (Å²) in [5.41, 5.74) is 13.5. The van der Waals surface area contributed by atoms with Crippen LogP contribution in [0, 0.1) is 13.8 Å². The number of aromatic hydroxyl groups is 1. The van der Waals surface area contributed by atoms with Gasteiger partial charge in [0.1, 0.15) is 5.75 Å². The molecule has 0 aliphatic heterocycles. The van der Waals surface area contributed by atoms with Crippen molar-refractivity contribution in [1.82, 2.24) is 0 Å². The fourth-order valence-electron chi connectivity index (χ4n) is 4.98. The Kier molecular flexibility index (Phi) is 5.62. The lowest BCUT2D eigenvalue weighted by Gasteiger charge is -2.22. The maximum Gasteiger partial charge on any atom is 0.126 e. The quantitative estimate of drug-likeness (QED) is 0.463. The number of benzene rings is 3. The maximum absolute atomic E-state index is 11.4. The second kappa shape index (κ2) is 8.23. The molecule has 0 bridgehead atoms. The Hall–Kier alpha value is -3.06. The Morgan fingerprint density at radius 3 is 1.94 bits per heavy atom. The fraction of sp³-hybridized carbons (Fsp3) is 0.267. The Balaban J connectivity index is 1.89. The number of phenolic OH excluding ortho intramolecular Hbond substituents is 1. The minimum Gasteiger partial charge on any atom is -0.507 e. The summed E-state index contributed by atoms with van der Waals surface area (Å²) in [4.78, 5) is 0. The van der Waals surface area contributed by atoms with E-state index in [2.05, 4.69) is 96.1 Å². The molecular weight excluding hydrogens is 376 g/mol. The van der Waals surface area contributed by atoms with Crippen molar-refractivity contribution in [3.05, 3.63) is 111 Å². The molecule has 0 amide bonds. The smallest absolute Gasteiger partial charge is 0.126 e. The number of hydrogen-bond donors (Lipinski definition) is 1. The lowest BCUT2D eigenvalue weighted by atomic mass is 9.82. The van der Waals surface area contributed by atoms with Crippen LogP contribution in [-0.2, 0) is 6.42 Å². The molecule has 3 aromatic rings. The van der Waals surface area contributed by atoms with Gasteiger partial charge in [0.25, 0.3) is 0 Å². The Labute approximate surface area is 186 Å². The zero-order valence-electron chi connectivity index (χ0n) is 19.5. The fourth-order valence-corrected chi connectivity index (χ4v) is 4.98. The second-order valence-electron chi connectivity index (χ2n) is 9.12. The first kappa shape index (κ1) is 21.2. The van der Waals surface area contributed by atoms with Gasteiger partial charge in [-0.25, -0.2) is 0 Å². The number of aryl methyl sites for hydroxylation is 2. The molecule has 0 fully saturated rings. The number of rotatable bonds is 4. The van der Waals surface area contributed by atoms with E-state index in [1.807, 2.05) is 6.07 Å². The van der Waals surface area contributed by atoms with Gasteiger partial charge < -0.3 is 5.11 Å². The Morgan fingerprint density at radius 1 is 0.677 bits per heavy atom. The highest BCUT2D eigenvalue weighted by Crippen LogP contribution is 2.47. The SMILES string of the molecule is CC1=C(C)C(c2ccc(C)cc2-c2cc(C)cc(Cc3ccccc3)c2O)C(C)=C1C. The van der Waals surface area contributed by atoms with Crippen molar-refractivity contribution in [3.8, 4) is 16.9 Å².